The molecule has 6 heteroatoms. The average molecular weight is 261 g/mol. The molecule has 2 aromatic rings. The number of aromatic nitrogens is 4. The molecule has 3 heterocycles. The van der Waals surface area contributed by atoms with Crippen LogP contribution in [0.4, 0.5) is 0 Å². The molecule has 1 aliphatic heterocycles. The second-order valence-corrected chi connectivity index (χ2v) is 4.74. The number of imidazole rings is 1. The zero-order valence-corrected chi connectivity index (χ0v) is 11.3. The minimum atomic E-state index is 0.0566. The summed E-state index contributed by atoms with van der Waals surface area (Å²) in [5.74, 6) is 0. The van der Waals surface area contributed by atoms with E-state index in [-0.39, 0.29) is 6.10 Å². The van der Waals surface area contributed by atoms with E-state index in [2.05, 4.69) is 26.9 Å². The van der Waals surface area contributed by atoms with Gasteiger partial charge in [-0.15, -0.1) is 0 Å². The maximum atomic E-state index is 5.81. The van der Waals surface area contributed by atoms with Gasteiger partial charge in [-0.3, -0.25) is 9.25 Å². The third kappa shape index (κ3) is 2.29. The summed E-state index contributed by atoms with van der Waals surface area (Å²) in [5.41, 5.74) is 3.24. The summed E-state index contributed by atoms with van der Waals surface area (Å²) < 4.78 is 9.75. The first-order valence-electron chi connectivity index (χ1n) is 6.67. The Morgan fingerprint density at radius 2 is 2.42 bits per heavy atom. The van der Waals surface area contributed by atoms with Gasteiger partial charge in [0, 0.05) is 26.3 Å². The third-order valence-electron chi connectivity index (χ3n) is 3.40. The van der Waals surface area contributed by atoms with Gasteiger partial charge in [0.25, 0.3) is 0 Å². The summed E-state index contributed by atoms with van der Waals surface area (Å²) in [7, 11) is 1.94. The fourth-order valence-electron chi connectivity index (χ4n) is 2.48. The topological polar surface area (TPSA) is 56.9 Å². The van der Waals surface area contributed by atoms with E-state index in [4.69, 9.17) is 4.74 Å². The lowest BCUT2D eigenvalue weighted by Crippen LogP contribution is -2.34. The van der Waals surface area contributed by atoms with Gasteiger partial charge in [-0.2, -0.15) is 5.10 Å². The predicted octanol–water partition coefficient (Wildman–Crippen LogP) is 0.829. The number of nitrogens with one attached hydrogen (secondary N) is 1. The third-order valence-corrected chi connectivity index (χ3v) is 3.40. The highest BCUT2D eigenvalue weighted by Gasteiger charge is 2.21. The molecular weight excluding hydrogens is 242 g/mol. The van der Waals surface area contributed by atoms with Gasteiger partial charge in [-0.1, -0.05) is 6.92 Å². The monoisotopic (exact) mass is 261 g/mol. The van der Waals surface area contributed by atoms with Crippen molar-refractivity contribution in [3.8, 4) is 5.69 Å². The molecule has 1 N–H and O–H groups in total. The molecule has 102 valence electrons. The van der Waals surface area contributed by atoms with Gasteiger partial charge in [0.15, 0.2) is 0 Å². The fraction of sp³-hybridized carbons (Fsp3) is 0.538. The lowest BCUT2D eigenvalue weighted by molar-refractivity contribution is 0.0240. The molecule has 0 aliphatic carbocycles. The molecular formula is C13H19N5O. The molecule has 3 rings (SSSR count). The Kier molecular flexibility index (Phi) is 3.35. The van der Waals surface area contributed by atoms with Gasteiger partial charge < -0.3 is 10.1 Å². The van der Waals surface area contributed by atoms with Gasteiger partial charge in [0.1, 0.15) is 6.10 Å². The highest BCUT2D eigenvalue weighted by molar-refractivity contribution is 5.37. The molecule has 0 spiro atoms. The van der Waals surface area contributed by atoms with E-state index in [1.165, 1.54) is 0 Å². The van der Waals surface area contributed by atoms with Crippen LogP contribution < -0.4 is 5.32 Å². The molecule has 1 fully saturated rings. The van der Waals surface area contributed by atoms with Gasteiger partial charge in [0.2, 0.25) is 0 Å². The Hall–Kier alpha value is -1.66. The maximum Gasteiger partial charge on any atom is 0.112 e. The summed E-state index contributed by atoms with van der Waals surface area (Å²) in [5, 5.41) is 7.83. The number of hydrogen-bond acceptors (Lipinski definition) is 4. The van der Waals surface area contributed by atoms with Gasteiger partial charge in [-0.05, 0) is 6.42 Å². The molecule has 0 aromatic carbocycles. The van der Waals surface area contributed by atoms with Crippen LogP contribution in [0.15, 0.2) is 18.7 Å². The van der Waals surface area contributed by atoms with E-state index < -0.39 is 0 Å². The van der Waals surface area contributed by atoms with Crippen molar-refractivity contribution < 1.29 is 4.74 Å². The molecule has 0 radical (unpaired) electrons. The van der Waals surface area contributed by atoms with Crippen LogP contribution in [0, 0.1) is 0 Å². The number of nitrogens with zero attached hydrogens (tertiary/aromatic N) is 4. The fourth-order valence-corrected chi connectivity index (χ4v) is 2.48. The summed E-state index contributed by atoms with van der Waals surface area (Å²) in [6.07, 6.45) is 6.70. The van der Waals surface area contributed by atoms with Gasteiger partial charge in [0.05, 0.1) is 36.2 Å². The van der Waals surface area contributed by atoms with E-state index in [0.29, 0.717) is 0 Å². The van der Waals surface area contributed by atoms with Crippen LogP contribution >= 0.6 is 0 Å². The number of aryl methyl sites for hydroxylation is 2. The van der Waals surface area contributed by atoms with Crippen molar-refractivity contribution in [1.82, 2.24) is 24.6 Å². The van der Waals surface area contributed by atoms with Crippen LogP contribution in [0.25, 0.3) is 5.69 Å². The second kappa shape index (κ2) is 5.14. The molecule has 1 atom stereocenters. The summed E-state index contributed by atoms with van der Waals surface area (Å²) in [6.45, 7) is 4.59. The van der Waals surface area contributed by atoms with E-state index in [1.54, 1.807) is 0 Å². The van der Waals surface area contributed by atoms with Crippen LogP contribution in [-0.4, -0.2) is 39.0 Å². The van der Waals surface area contributed by atoms with Crippen LogP contribution in [-0.2, 0) is 18.2 Å². The van der Waals surface area contributed by atoms with Gasteiger partial charge in [-0.25, -0.2) is 4.98 Å². The standard InChI is InChI=1S/C13H19N5O/c1-3-10-12(8-17(2)16-10)18-9-15-6-11(18)13-7-14-4-5-19-13/h6,8-9,13-14H,3-5,7H2,1-2H3. The molecule has 19 heavy (non-hydrogen) atoms. The van der Waals surface area contributed by atoms with Crippen LogP contribution in [0.5, 0.6) is 0 Å². The predicted molar refractivity (Wildman–Crippen MR) is 71.3 cm³/mol. The lowest BCUT2D eigenvalue weighted by Gasteiger charge is -2.24. The first-order chi connectivity index (χ1) is 9.29. The average Bonchev–Trinajstić information content (AvgIpc) is 3.05. The smallest absolute Gasteiger partial charge is 0.112 e. The van der Waals surface area contributed by atoms with Crippen LogP contribution in [0.3, 0.4) is 0 Å². The van der Waals surface area contributed by atoms with Crippen LogP contribution in [0.1, 0.15) is 24.4 Å². The number of rotatable bonds is 3. The highest BCUT2D eigenvalue weighted by Crippen LogP contribution is 2.23. The molecule has 1 aliphatic rings. The Labute approximate surface area is 112 Å². The lowest BCUT2D eigenvalue weighted by atomic mass is 10.2. The van der Waals surface area contributed by atoms with Crippen molar-refractivity contribution in [2.45, 2.75) is 19.4 Å². The van der Waals surface area contributed by atoms with E-state index in [0.717, 1.165) is 43.2 Å². The molecule has 1 unspecified atom stereocenters. The Morgan fingerprint density at radius 3 is 3.16 bits per heavy atom. The zero-order valence-electron chi connectivity index (χ0n) is 11.3. The molecule has 0 amide bonds. The normalized spacial score (nSPS) is 19.8. The van der Waals surface area contributed by atoms with E-state index >= 15 is 0 Å². The number of hydrogen-bond donors (Lipinski definition) is 1. The quantitative estimate of drug-likeness (QED) is 0.889. The molecule has 0 bridgehead atoms. The first-order valence-corrected chi connectivity index (χ1v) is 6.67. The largest absolute Gasteiger partial charge is 0.369 e. The molecule has 1 saturated heterocycles. The van der Waals surface area contributed by atoms with Crippen molar-refractivity contribution in [2.75, 3.05) is 19.7 Å². The maximum absolute atomic E-state index is 5.81. The Bertz CT molecular complexity index is 553. The van der Waals surface area contributed by atoms with Crippen molar-refractivity contribution >= 4 is 0 Å². The Morgan fingerprint density at radius 1 is 1.53 bits per heavy atom. The molecule has 6 nitrogen and oxygen atoms in total. The van der Waals surface area contributed by atoms with Gasteiger partial charge >= 0.3 is 0 Å². The van der Waals surface area contributed by atoms with Crippen molar-refractivity contribution in [3.05, 3.63) is 30.1 Å². The van der Waals surface area contributed by atoms with E-state index in [9.17, 15) is 0 Å². The molecule has 2 aromatic heterocycles. The minimum Gasteiger partial charge on any atom is -0.369 e. The summed E-state index contributed by atoms with van der Waals surface area (Å²) in [6, 6.07) is 0. The van der Waals surface area contributed by atoms with E-state index in [1.807, 2.05) is 30.5 Å². The second-order valence-electron chi connectivity index (χ2n) is 4.74. The molecule has 0 saturated carbocycles. The zero-order chi connectivity index (χ0) is 13.2. The number of ether oxygens (including phenoxy) is 1. The summed E-state index contributed by atoms with van der Waals surface area (Å²) >= 11 is 0. The highest BCUT2D eigenvalue weighted by atomic mass is 16.5. The number of morpholine rings is 1. The van der Waals surface area contributed by atoms with Crippen molar-refractivity contribution in [1.29, 1.82) is 0 Å². The van der Waals surface area contributed by atoms with Crippen LogP contribution in [0.2, 0.25) is 0 Å². The first kappa shape index (κ1) is 12.4. The Balaban J connectivity index is 1.98. The van der Waals surface area contributed by atoms with Crippen molar-refractivity contribution in [3.63, 3.8) is 0 Å². The minimum absolute atomic E-state index is 0.0566. The summed E-state index contributed by atoms with van der Waals surface area (Å²) in [4.78, 5) is 4.28. The SMILES string of the molecule is CCc1nn(C)cc1-n1cncc1C1CNCCO1. The van der Waals surface area contributed by atoms with Crippen molar-refractivity contribution in [2.24, 2.45) is 7.05 Å².